The van der Waals surface area contributed by atoms with Crippen LogP contribution in [0, 0.1) is 12.8 Å². The van der Waals surface area contributed by atoms with Gasteiger partial charge in [-0.25, -0.2) is 0 Å². The lowest BCUT2D eigenvalue weighted by molar-refractivity contribution is -0.116. The van der Waals surface area contributed by atoms with E-state index in [0.29, 0.717) is 18.9 Å². The van der Waals surface area contributed by atoms with E-state index in [1.165, 1.54) is 0 Å². The lowest BCUT2D eigenvalue weighted by Crippen LogP contribution is -2.16. The predicted molar refractivity (Wildman–Crippen MR) is 82.6 cm³/mol. The first-order chi connectivity index (χ1) is 9.61. The number of aryl methyl sites for hydroxylation is 1. The zero-order valence-electron chi connectivity index (χ0n) is 12.0. The number of rotatable bonds is 5. The second-order valence-corrected chi connectivity index (χ2v) is 5.26. The molecule has 4 nitrogen and oxygen atoms in total. The van der Waals surface area contributed by atoms with Gasteiger partial charge in [0.05, 0.1) is 11.2 Å². The number of hydrogen-bond acceptors (Lipinski definition) is 3. The van der Waals surface area contributed by atoms with Crippen LogP contribution in [0.15, 0.2) is 30.5 Å². The van der Waals surface area contributed by atoms with Crippen LogP contribution < -0.4 is 11.1 Å². The zero-order valence-corrected chi connectivity index (χ0v) is 12.0. The number of carbonyl (C=O) groups is 1. The number of anilines is 1. The quantitative estimate of drug-likeness (QED) is 0.878. The standard InChI is InChI=1S/C16H21N3O/c1-11(10-17)5-8-15(20)19-14-7-6-12(2)16-13(14)4-3-9-18-16/h3-4,6-7,9,11H,5,8,10,17H2,1-2H3,(H,19,20). The Balaban J connectivity index is 2.14. The van der Waals surface area contributed by atoms with Crippen LogP contribution >= 0.6 is 0 Å². The number of nitrogens with two attached hydrogens (primary N) is 1. The third-order valence-electron chi connectivity index (χ3n) is 3.51. The molecular weight excluding hydrogens is 250 g/mol. The van der Waals surface area contributed by atoms with Crippen molar-refractivity contribution in [1.29, 1.82) is 0 Å². The maximum atomic E-state index is 12.0. The van der Waals surface area contributed by atoms with Crippen LogP contribution in [0.25, 0.3) is 10.9 Å². The molecule has 0 saturated heterocycles. The minimum Gasteiger partial charge on any atom is -0.330 e. The van der Waals surface area contributed by atoms with Crippen molar-refractivity contribution in [3.63, 3.8) is 0 Å². The highest BCUT2D eigenvalue weighted by atomic mass is 16.1. The first-order valence-electron chi connectivity index (χ1n) is 6.96. The topological polar surface area (TPSA) is 68.0 Å². The molecule has 1 aromatic heterocycles. The van der Waals surface area contributed by atoms with E-state index in [1.54, 1.807) is 6.20 Å². The maximum Gasteiger partial charge on any atom is 0.224 e. The highest BCUT2D eigenvalue weighted by Crippen LogP contribution is 2.24. The molecule has 1 aromatic carbocycles. The third kappa shape index (κ3) is 3.33. The SMILES string of the molecule is Cc1ccc(NC(=O)CCC(C)CN)c2cccnc12. The van der Waals surface area contributed by atoms with E-state index >= 15 is 0 Å². The number of pyridine rings is 1. The highest BCUT2D eigenvalue weighted by molar-refractivity contribution is 6.01. The molecule has 3 N–H and O–H groups in total. The fourth-order valence-corrected chi connectivity index (χ4v) is 2.13. The average molecular weight is 271 g/mol. The summed E-state index contributed by atoms with van der Waals surface area (Å²) < 4.78 is 0. The van der Waals surface area contributed by atoms with E-state index in [2.05, 4.69) is 17.2 Å². The van der Waals surface area contributed by atoms with E-state index in [0.717, 1.165) is 28.6 Å². The lowest BCUT2D eigenvalue weighted by Gasteiger charge is -2.11. The minimum absolute atomic E-state index is 0.0271. The monoisotopic (exact) mass is 271 g/mol. The Kier molecular flexibility index (Phi) is 4.69. The summed E-state index contributed by atoms with van der Waals surface area (Å²) in [6.45, 7) is 4.69. The molecule has 0 aliphatic heterocycles. The van der Waals surface area contributed by atoms with Crippen molar-refractivity contribution in [2.24, 2.45) is 11.7 Å². The number of aromatic nitrogens is 1. The summed E-state index contributed by atoms with van der Waals surface area (Å²) in [5.41, 5.74) is 8.42. The van der Waals surface area contributed by atoms with Crippen LogP contribution in [0.1, 0.15) is 25.3 Å². The first kappa shape index (κ1) is 14.5. The summed E-state index contributed by atoms with van der Waals surface area (Å²) >= 11 is 0. The number of benzene rings is 1. The molecule has 4 heteroatoms. The number of amides is 1. The number of nitrogens with zero attached hydrogens (tertiary/aromatic N) is 1. The molecule has 0 aliphatic carbocycles. The molecule has 1 heterocycles. The molecule has 20 heavy (non-hydrogen) atoms. The van der Waals surface area contributed by atoms with E-state index in [9.17, 15) is 4.79 Å². The lowest BCUT2D eigenvalue weighted by atomic mass is 10.1. The Labute approximate surface area is 119 Å². The smallest absolute Gasteiger partial charge is 0.224 e. The van der Waals surface area contributed by atoms with Crippen LogP contribution in [-0.4, -0.2) is 17.4 Å². The first-order valence-corrected chi connectivity index (χ1v) is 6.96. The third-order valence-corrected chi connectivity index (χ3v) is 3.51. The van der Waals surface area contributed by atoms with Gasteiger partial charge in [0, 0.05) is 18.0 Å². The van der Waals surface area contributed by atoms with Crippen molar-refractivity contribution in [3.05, 3.63) is 36.0 Å². The summed E-state index contributed by atoms with van der Waals surface area (Å²) in [7, 11) is 0. The number of carbonyl (C=O) groups excluding carboxylic acids is 1. The normalized spacial score (nSPS) is 12.3. The van der Waals surface area contributed by atoms with Crippen molar-refractivity contribution >= 4 is 22.5 Å². The van der Waals surface area contributed by atoms with Gasteiger partial charge >= 0.3 is 0 Å². The van der Waals surface area contributed by atoms with E-state index < -0.39 is 0 Å². The van der Waals surface area contributed by atoms with Gasteiger partial charge in [0.25, 0.3) is 0 Å². The molecule has 1 atom stereocenters. The number of fused-ring (bicyclic) bond motifs is 1. The highest BCUT2D eigenvalue weighted by Gasteiger charge is 2.09. The Morgan fingerprint density at radius 3 is 2.95 bits per heavy atom. The molecule has 0 fully saturated rings. The van der Waals surface area contributed by atoms with Gasteiger partial charge in [0.1, 0.15) is 0 Å². The predicted octanol–water partition coefficient (Wildman–Crippen LogP) is 2.86. The molecule has 1 amide bonds. The molecule has 106 valence electrons. The van der Waals surface area contributed by atoms with Crippen LogP contribution in [0.4, 0.5) is 5.69 Å². The average Bonchev–Trinajstić information content (AvgIpc) is 2.48. The Morgan fingerprint density at radius 2 is 2.20 bits per heavy atom. The van der Waals surface area contributed by atoms with Crippen LogP contribution in [0.5, 0.6) is 0 Å². The largest absolute Gasteiger partial charge is 0.330 e. The summed E-state index contributed by atoms with van der Waals surface area (Å²) in [5, 5.41) is 3.95. The Hall–Kier alpha value is -1.94. The second-order valence-electron chi connectivity index (χ2n) is 5.26. The molecule has 0 radical (unpaired) electrons. The number of hydrogen-bond donors (Lipinski definition) is 2. The van der Waals surface area contributed by atoms with Crippen molar-refractivity contribution in [3.8, 4) is 0 Å². The van der Waals surface area contributed by atoms with Crippen LogP contribution in [0.3, 0.4) is 0 Å². The van der Waals surface area contributed by atoms with E-state index in [4.69, 9.17) is 5.73 Å². The van der Waals surface area contributed by atoms with Gasteiger partial charge in [0.15, 0.2) is 0 Å². The van der Waals surface area contributed by atoms with Crippen molar-refractivity contribution < 1.29 is 4.79 Å². The summed E-state index contributed by atoms with van der Waals surface area (Å²) in [6, 6.07) is 7.78. The Bertz CT molecular complexity index is 610. The number of nitrogens with one attached hydrogen (secondary N) is 1. The van der Waals surface area contributed by atoms with Gasteiger partial charge in [-0.2, -0.15) is 0 Å². The van der Waals surface area contributed by atoms with Gasteiger partial charge in [0.2, 0.25) is 5.91 Å². The van der Waals surface area contributed by atoms with E-state index in [-0.39, 0.29) is 5.91 Å². The molecule has 1 unspecified atom stereocenters. The molecule has 0 spiro atoms. The van der Waals surface area contributed by atoms with Gasteiger partial charge in [-0.3, -0.25) is 9.78 Å². The van der Waals surface area contributed by atoms with Gasteiger partial charge in [-0.15, -0.1) is 0 Å². The summed E-state index contributed by atoms with van der Waals surface area (Å²) in [6.07, 6.45) is 3.07. The Morgan fingerprint density at radius 1 is 1.40 bits per heavy atom. The van der Waals surface area contributed by atoms with Gasteiger partial charge in [-0.05, 0) is 49.6 Å². The van der Waals surface area contributed by atoms with Crippen molar-refractivity contribution in [1.82, 2.24) is 4.98 Å². The summed E-state index contributed by atoms with van der Waals surface area (Å²) in [4.78, 5) is 16.4. The summed E-state index contributed by atoms with van der Waals surface area (Å²) in [5.74, 6) is 0.400. The fourth-order valence-electron chi connectivity index (χ4n) is 2.13. The second kappa shape index (κ2) is 6.48. The molecule has 0 aliphatic rings. The molecular formula is C16H21N3O. The van der Waals surface area contributed by atoms with Crippen LogP contribution in [0.2, 0.25) is 0 Å². The zero-order chi connectivity index (χ0) is 14.5. The van der Waals surface area contributed by atoms with E-state index in [1.807, 2.05) is 31.2 Å². The maximum absolute atomic E-state index is 12.0. The molecule has 0 saturated carbocycles. The fraction of sp³-hybridized carbons (Fsp3) is 0.375. The van der Waals surface area contributed by atoms with Crippen molar-refractivity contribution in [2.45, 2.75) is 26.7 Å². The minimum atomic E-state index is 0.0271. The van der Waals surface area contributed by atoms with Crippen molar-refractivity contribution in [2.75, 3.05) is 11.9 Å². The van der Waals surface area contributed by atoms with Gasteiger partial charge < -0.3 is 11.1 Å². The molecule has 2 rings (SSSR count). The molecule has 2 aromatic rings. The molecule has 0 bridgehead atoms. The van der Waals surface area contributed by atoms with Gasteiger partial charge in [-0.1, -0.05) is 13.0 Å². The van der Waals surface area contributed by atoms with Crippen LogP contribution in [-0.2, 0) is 4.79 Å².